The van der Waals surface area contributed by atoms with Gasteiger partial charge < -0.3 is 14.6 Å². The second kappa shape index (κ2) is 11.6. The smallest absolute Gasteiger partial charge is 0.303 e. The highest BCUT2D eigenvalue weighted by atomic mass is 19.1. The van der Waals surface area contributed by atoms with Crippen LogP contribution in [0.2, 0.25) is 0 Å². The highest BCUT2D eigenvalue weighted by molar-refractivity contribution is 5.70. The molecular weight excluding hydrogens is 512 g/mol. The van der Waals surface area contributed by atoms with E-state index in [-0.39, 0.29) is 30.3 Å². The topological polar surface area (TPSA) is 68.7 Å². The van der Waals surface area contributed by atoms with Gasteiger partial charge in [0.15, 0.2) is 0 Å². The van der Waals surface area contributed by atoms with E-state index in [9.17, 15) is 14.3 Å². The van der Waals surface area contributed by atoms with Crippen molar-refractivity contribution in [3.63, 3.8) is 0 Å². The maximum atomic E-state index is 15.0. The van der Waals surface area contributed by atoms with Crippen molar-refractivity contribution in [1.29, 1.82) is 0 Å². The summed E-state index contributed by atoms with van der Waals surface area (Å²) < 4.78 is 41.0. The largest absolute Gasteiger partial charge is 0.489 e. The van der Waals surface area contributed by atoms with Crippen LogP contribution in [-0.4, -0.2) is 23.2 Å². The minimum absolute atomic E-state index is 0.0300. The van der Waals surface area contributed by atoms with Crippen molar-refractivity contribution in [3.05, 3.63) is 77.0 Å². The normalized spacial score (nSPS) is 18.9. The van der Waals surface area contributed by atoms with E-state index in [1.165, 1.54) is 25.4 Å². The molecule has 2 saturated carbocycles. The molecule has 1 aromatic heterocycles. The third kappa shape index (κ3) is 6.45. The first-order valence-electron chi connectivity index (χ1n) is 14.1. The molecule has 212 valence electrons. The number of benzene rings is 2. The van der Waals surface area contributed by atoms with E-state index >= 15 is 4.39 Å². The van der Waals surface area contributed by atoms with Crippen LogP contribution in [0.1, 0.15) is 87.3 Å². The highest BCUT2D eigenvalue weighted by Gasteiger charge is 2.37. The molecule has 2 atom stereocenters. The highest BCUT2D eigenvalue weighted by Crippen LogP contribution is 2.51. The molecule has 0 unspecified atom stereocenters. The van der Waals surface area contributed by atoms with Gasteiger partial charge in [-0.2, -0.15) is 0 Å². The summed E-state index contributed by atoms with van der Waals surface area (Å²) in [4.78, 5) is 15.5. The number of carbonyl (C=O) groups is 1. The second-order valence-corrected chi connectivity index (χ2v) is 12.0. The van der Waals surface area contributed by atoms with Gasteiger partial charge in [-0.1, -0.05) is 51.3 Å². The van der Waals surface area contributed by atoms with Crippen LogP contribution in [0.5, 0.6) is 11.6 Å². The number of hydrogen-bond acceptors (Lipinski definition) is 4. The first kappa shape index (κ1) is 28.1. The minimum Gasteiger partial charge on any atom is -0.489 e. The summed E-state index contributed by atoms with van der Waals surface area (Å²) in [5.41, 5.74) is 3.93. The van der Waals surface area contributed by atoms with Gasteiger partial charge in [-0.25, -0.2) is 13.8 Å². The molecule has 0 radical (unpaired) electrons. The van der Waals surface area contributed by atoms with E-state index in [1.54, 1.807) is 12.1 Å². The number of rotatable bonds is 11. The van der Waals surface area contributed by atoms with E-state index < -0.39 is 17.6 Å². The van der Waals surface area contributed by atoms with E-state index in [0.29, 0.717) is 28.7 Å². The van der Waals surface area contributed by atoms with Gasteiger partial charge in [0.25, 0.3) is 0 Å². The standard InChI is InChI=1S/C33H37F2NO4/c1-33(2)10-4-5-29(33)27-12-21(8-9-26(27)28-17-31(39-3)36-18-30(28)35)19-40-25-14-23(13-24(34)16-25)22(15-32(37)38)11-20-6-7-20/h8-9,12-14,16-18,20,22,29H,4-7,10-11,15,19H2,1-3H3,(H,37,38)/t22-,29+/m0/s1. The van der Waals surface area contributed by atoms with Crippen molar-refractivity contribution in [2.45, 2.75) is 77.2 Å². The van der Waals surface area contributed by atoms with Crippen molar-refractivity contribution in [2.75, 3.05) is 7.11 Å². The van der Waals surface area contributed by atoms with Crippen molar-refractivity contribution < 1.29 is 28.2 Å². The zero-order chi connectivity index (χ0) is 28.4. The molecule has 5 nitrogen and oxygen atoms in total. The van der Waals surface area contributed by atoms with Crippen LogP contribution in [0.4, 0.5) is 8.78 Å². The average Bonchev–Trinajstić information content (AvgIpc) is 3.66. The second-order valence-electron chi connectivity index (χ2n) is 12.0. The van der Waals surface area contributed by atoms with Crippen LogP contribution >= 0.6 is 0 Å². The number of nitrogens with zero attached hydrogens (tertiary/aromatic N) is 1. The zero-order valence-corrected chi connectivity index (χ0v) is 23.4. The van der Waals surface area contributed by atoms with Gasteiger partial charge in [-0.3, -0.25) is 4.79 Å². The fourth-order valence-corrected chi connectivity index (χ4v) is 6.25. The first-order chi connectivity index (χ1) is 19.1. The Morgan fingerprint density at radius 3 is 2.58 bits per heavy atom. The van der Waals surface area contributed by atoms with Gasteiger partial charge in [0.2, 0.25) is 5.88 Å². The van der Waals surface area contributed by atoms with Crippen LogP contribution < -0.4 is 9.47 Å². The molecule has 5 rings (SSSR count). The molecule has 0 amide bonds. The number of carboxylic acid groups (broad SMARTS) is 1. The molecule has 1 N–H and O–H groups in total. The van der Waals surface area contributed by atoms with Crippen LogP contribution in [0.3, 0.4) is 0 Å². The SMILES string of the molecule is COc1cc(-c2ccc(COc3cc(F)cc([C@H](CC(=O)O)CC4CC4)c3)cc2[C@H]2CCCC2(C)C)c(F)cn1. The number of aliphatic carboxylic acids is 1. The van der Waals surface area contributed by atoms with Crippen LogP contribution in [0.15, 0.2) is 48.7 Å². The fraction of sp³-hybridized carbons (Fsp3) is 0.455. The molecule has 3 aromatic rings. The third-order valence-corrected chi connectivity index (χ3v) is 8.58. The Bertz CT molecular complexity index is 1380. The van der Waals surface area contributed by atoms with Crippen molar-refractivity contribution >= 4 is 5.97 Å². The molecule has 2 aliphatic carbocycles. The van der Waals surface area contributed by atoms with Gasteiger partial charge in [-0.05, 0) is 76.8 Å². The number of carboxylic acids is 1. The van der Waals surface area contributed by atoms with E-state index in [4.69, 9.17) is 9.47 Å². The van der Waals surface area contributed by atoms with Crippen LogP contribution in [0, 0.1) is 23.0 Å². The lowest BCUT2D eigenvalue weighted by atomic mass is 9.75. The molecule has 2 aliphatic rings. The zero-order valence-electron chi connectivity index (χ0n) is 23.4. The van der Waals surface area contributed by atoms with Crippen molar-refractivity contribution in [2.24, 2.45) is 11.3 Å². The van der Waals surface area contributed by atoms with Gasteiger partial charge in [0.1, 0.15) is 24.0 Å². The summed E-state index contributed by atoms with van der Waals surface area (Å²) in [7, 11) is 1.51. The number of aromatic nitrogens is 1. The van der Waals surface area contributed by atoms with E-state index in [0.717, 1.165) is 55.2 Å². The van der Waals surface area contributed by atoms with Gasteiger partial charge in [0, 0.05) is 17.7 Å². The van der Waals surface area contributed by atoms with E-state index in [2.05, 4.69) is 24.9 Å². The molecule has 2 aromatic carbocycles. The molecule has 1 heterocycles. The fourth-order valence-electron chi connectivity index (χ4n) is 6.25. The summed E-state index contributed by atoms with van der Waals surface area (Å²) in [6, 6.07) is 12.1. The Hall–Kier alpha value is -3.48. The Morgan fingerprint density at radius 2 is 1.90 bits per heavy atom. The molecule has 0 spiro atoms. The Labute approximate surface area is 234 Å². The van der Waals surface area contributed by atoms with Crippen molar-refractivity contribution in [3.8, 4) is 22.8 Å². The first-order valence-corrected chi connectivity index (χ1v) is 14.1. The number of methoxy groups -OCH3 is 1. The Morgan fingerprint density at radius 1 is 1.10 bits per heavy atom. The van der Waals surface area contributed by atoms with Crippen LogP contribution in [0.25, 0.3) is 11.1 Å². The molecule has 0 aliphatic heterocycles. The predicted octanol–water partition coefficient (Wildman–Crippen LogP) is 8.27. The Balaban J connectivity index is 1.44. The van der Waals surface area contributed by atoms with Gasteiger partial charge in [0.05, 0.1) is 19.7 Å². The minimum atomic E-state index is -0.886. The summed E-state index contributed by atoms with van der Waals surface area (Å²) in [5.74, 6) is -0.502. The molecule has 7 heteroatoms. The lowest BCUT2D eigenvalue weighted by Gasteiger charge is -2.30. The maximum Gasteiger partial charge on any atom is 0.303 e. The number of ether oxygens (including phenoxy) is 2. The molecule has 0 saturated heterocycles. The molecule has 40 heavy (non-hydrogen) atoms. The summed E-state index contributed by atoms with van der Waals surface area (Å²) in [6.45, 7) is 4.72. The van der Waals surface area contributed by atoms with Crippen molar-refractivity contribution in [1.82, 2.24) is 4.98 Å². The number of halogens is 2. The predicted molar refractivity (Wildman–Crippen MR) is 150 cm³/mol. The maximum absolute atomic E-state index is 15.0. The lowest BCUT2D eigenvalue weighted by Crippen LogP contribution is -2.17. The third-order valence-electron chi connectivity index (χ3n) is 8.58. The number of pyridine rings is 1. The average molecular weight is 550 g/mol. The Kier molecular flexibility index (Phi) is 8.11. The van der Waals surface area contributed by atoms with Crippen LogP contribution in [-0.2, 0) is 11.4 Å². The molecule has 2 fully saturated rings. The molecule has 0 bridgehead atoms. The lowest BCUT2D eigenvalue weighted by molar-refractivity contribution is -0.137. The van der Waals surface area contributed by atoms with E-state index in [1.807, 2.05) is 12.1 Å². The monoisotopic (exact) mass is 549 g/mol. The molecular formula is C33H37F2NO4. The van der Waals surface area contributed by atoms with Gasteiger partial charge in [-0.15, -0.1) is 0 Å². The summed E-state index contributed by atoms with van der Waals surface area (Å²) in [5, 5.41) is 9.41. The summed E-state index contributed by atoms with van der Waals surface area (Å²) in [6.07, 6.45) is 7.30. The quantitative estimate of drug-likeness (QED) is 0.261. The summed E-state index contributed by atoms with van der Waals surface area (Å²) >= 11 is 0. The number of hydrogen-bond donors (Lipinski definition) is 1. The van der Waals surface area contributed by atoms with Gasteiger partial charge >= 0.3 is 5.97 Å².